The lowest BCUT2D eigenvalue weighted by Crippen LogP contribution is -2.19. The molecule has 0 fully saturated rings. The highest BCUT2D eigenvalue weighted by molar-refractivity contribution is 5.64. The summed E-state index contributed by atoms with van der Waals surface area (Å²) in [6, 6.07) is 0. The van der Waals surface area contributed by atoms with E-state index in [2.05, 4.69) is 15.2 Å². The number of carbonyl (C=O) groups is 1. The number of aryl methyl sites for hydroxylation is 2. The third kappa shape index (κ3) is 3.83. The Morgan fingerprint density at radius 3 is 2.84 bits per heavy atom. The van der Waals surface area contributed by atoms with E-state index in [4.69, 9.17) is 5.73 Å². The molecule has 0 unspecified atom stereocenters. The molecule has 1 amide bonds. The van der Waals surface area contributed by atoms with Crippen molar-refractivity contribution < 1.29 is 14.5 Å². The number of amides is 1. The molecule has 0 aromatic carbocycles. The average molecular weight is 271 g/mol. The van der Waals surface area contributed by atoms with Gasteiger partial charge in [-0.25, -0.2) is 9.48 Å². The molecule has 0 aliphatic rings. The maximum absolute atomic E-state index is 11.0. The van der Waals surface area contributed by atoms with Gasteiger partial charge < -0.3 is 15.8 Å². The van der Waals surface area contributed by atoms with Crippen LogP contribution >= 0.6 is 0 Å². The van der Waals surface area contributed by atoms with Gasteiger partial charge >= 0.3 is 11.8 Å². The van der Waals surface area contributed by atoms with E-state index < -0.39 is 11.0 Å². The molecule has 3 N–H and O–H groups in total. The van der Waals surface area contributed by atoms with Crippen molar-refractivity contribution in [2.45, 2.75) is 26.8 Å². The van der Waals surface area contributed by atoms with Crippen molar-refractivity contribution in [3.8, 4) is 0 Å². The van der Waals surface area contributed by atoms with E-state index in [1.807, 2.05) is 6.92 Å². The predicted octanol–water partition coefficient (Wildman–Crippen LogP) is 1.02. The fourth-order valence-electron chi connectivity index (χ4n) is 1.66. The number of nitrogens with zero attached hydrogens (tertiary/aromatic N) is 3. The van der Waals surface area contributed by atoms with Crippen LogP contribution in [0.15, 0.2) is 0 Å². The number of nitro groups is 1. The van der Waals surface area contributed by atoms with Gasteiger partial charge in [-0.05, 0) is 13.3 Å². The molecule has 0 aliphatic heterocycles. The van der Waals surface area contributed by atoms with Crippen LogP contribution in [0.3, 0.4) is 0 Å². The molecule has 9 heteroatoms. The van der Waals surface area contributed by atoms with Crippen molar-refractivity contribution in [1.82, 2.24) is 9.78 Å². The summed E-state index contributed by atoms with van der Waals surface area (Å²) in [6.07, 6.45) is -0.0837. The van der Waals surface area contributed by atoms with Gasteiger partial charge in [0.05, 0.1) is 11.5 Å². The Hall–Kier alpha value is -2.32. The first-order valence-electron chi connectivity index (χ1n) is 5.85. The van der Waals surface area contributed by atoms with E-state index in [-0.39, 0.29) is 18.8 Å². The van der Waals surface area contributed by atoms with Gasteiger partial charge in [0.2, 0.25) is 5.82 Å². The normalized spacial score (nSPS) is 10.2. The van der Waals surface area contributed by atoms with Crippen molar-refractivity contribution in [3.05, 3.63) is 15.8 Å². The minimum absolute atomic E-state index is 0.0306. The van der Waals surface area contributed by atoms with Crippen molar-refractivity contribution in [2.75, 3.05) is 18.5 Å². The van der Waals surface area contributed by atoms with Crippen molar-refractivity contribution in [2.24, 2.45) is 5.73 Å². The molecule has 9 nitrogen and oxygen atoms in total. The molecule has 0 radical (unpaired) electrons. The number of hydrogen-bond acceptors (Lipinski definition) is 6. The van der Waals surface area contributed by atoms with Gasteiger partial charge in [-0.1, -0.05) is 6.92 Å². The van der Waals surface area contributed by atoms with Crippen LogP contribution in [0, 0.1) is 17.0 Å². The highest BCUT2D eigenvalue weighted by Crippen LogP contribution is 2.28. The van der Waals surface area contributed by atoms with Crippen LogP contribution in [-0.2, 0) is 11.3 Å². The number of aromatic nitrogens is 2. The number of ether oxygens (including phenoxy) is 1. The molecule has 1 rings (SSSR count). The van der Waals surface area contributed by atoms with Gasteiger partial charge in [-0.3, -0.25) is 10.1 Å². The third-order valence-corrected chi connectivity index (χ3v) is 2.35. The molecule has 0 saturated heterocycles. The standard InChI is InChI=1S/C10H17N5O4/c1-3-5-14-9(12-4-6-19-10(11)16)8(15(17)18)7(2)13-14/h12H,3-6H2,1-2H3,(H2,11,16). The molecule has 19 heavy (non-hydrogen) atoms. The summed E-state index contributed by atoms with van der Waals surface area (Å²) < 4.78 is 6.09. The van der Waals surface area contributed by atoms with Crippen LogP contribution in [0.5, 0.6) is 0 Å². The number of primary amides is 1. The molecule has 0 spiro atoms. The first-order valence-corrected chi connectivity index (χ1v) is 5.85. The molecule has 0 saturated carbocycles. The third-order valence-electron chi connectivity index (χ3n) is 2.35. The number of rotatable bonds is 7. The Bertz CT molecular complexity index is 471. The van der Waals surface area contributed by atoms with E-state index in [1.165, 1.54) is 4.68 Å². The van der Waals surface area contributed by atoms with Crippen LogP contribution in [0.25, 0.3) is 0 Å². The maximum atomic E-state index is 11.0. The Morgan fingerprint density at radius 1 is 1.63 bits per heavy atom. The van der Waals surface area contributed by atoms with Crippen LogP contribution in [-0.4, -0.2) is 33.9 Å². The van der Waals surface area contributed by atoms with Crippen molar-refractivity contribution in [3.63, 3.8) is 0 Å². The van der Waals surface area contributed by atoms with Crippen LogP contribution in [0.4, 0.5) is 16.3 Å². The summed E-state index contributed by atoms with van der Waals surface area (Å²) in [5, 5.41) is 18.0. The number of nitrogens with one attached hydrogen (secondary N) is 1. The number of hydrogen-bond donors (Lipinski definition) is 2. The molecule has 0 atom stereocenters. The van der Waals surface area contributed by atoms with E-state index >= 15 is 0 Å². The van der Waals surface area contributed by atoms with E-state index in [0.29, 0.717) is 18.1 Å². The highest BCUT2D eigenvalue weighted by Gasteiger charge is 2.24. The number of nitrogens with two attached hydrogens (primary N) is 1. The average Bonchev–Trinajstić information content (AvgIpc) is 2.61. The summed E-state index contributed by atoms with van der Waals surface area (Å²) in [6.45, 7) is 4.34. The molecule has 1 aromatic rings. The quantitative estimate of drug-likeness (QED) is 0.433. The van der Waals surface area contributed by atoms with Gasteiger partial charge in [-0.2, -0.15) is 5.10 Å². The Kier molecular flexibility index (Phi) is 5.10. The lowest BCUT2D eigenvalue weighted by Gasteiger charge is -2.08. The second-order valence-electron chi connectivity index (χ2n) is 3.86. The topological polar surface area (TPSA) is 125 Å². The van der Waals surface area contributed by atoms with Crippen LogP contribution in [0.2, 0.25) is 0 Å². The zero-order chi connectivity index (χ0) is 14.4. The summed E-state index contributed by atoms with van der Waals surface area (Å²) in [7, 11) is 0. The lowest BCUT2D eigenvalue weighted by molar-refractivity contribution is -0.384. The summed E-state index contributed by atoms with van der Waals surface area (Å²) in [4.78, 5) is 20.9. The first kappa shape index (κ1) is 14.7. The summed E-state index contributed by atoms with van der Waals surface area (Å²) in [5.74, 6) is 0.317. The highest BCUT2D eigenvalue weighted by atomic mass is 16.6. The molecular formula is C10H17N5O4. The lowest BCUT2D eigenvalue weighted by atomic mass is 10.4. The second kappa shape index (κ2) is 6.57. The van der Waals surface area contributed by atoms with Gasteiger partial charge in [0.15, 0.2) is 0 Å². The number of carbonyl (C=O) groups excluding carboxylic acids is 1. The minimum Gasteiger partial charge on any atom is -0.448 e. The smallest absolute Gasteiger partial charge is 0.404 e. The SMILES string of the molecule is CCCn1nc(C)c([N+](=O)[O-])c1NCCOC(N)=O. The zero-order valence-electron chi connectivity index (χ0n) is 10.9. The van der Waals surface area contributed by atoms with Crippen molar-refractivity contribution >= 4 is 17.6 Å². The molecule has 1 heterocycles. The fourth-order valence-corrected chi connectivity index (χ4v) is 1.66. The first-order chi connectivity index (χ1) is 8.97. The second-order valence-corrected chi connectivity index (χ2v) is 3.86. The predicted molar refractivity (Wildman–Crippen MR) is 67.9 cm³/mol. The Morgan fingerprint density at radius 2 is 2.32 bits per heavy atom. The van der Waals surface area contributed by atoms with E-state index in [9.17, 15) is 14.9 Å². The Balaban J connectivity index is 2.82. The van der Waals surface area contributed by atoms with Crippen LogP contribution in [0.1, 0.15) is 19.0 Å². The van der Waals surface area contributed by atoms with Gasteiger partial charge in [0, 0.05) is 6.54 Å². The van der Waals surface area contributed by atoms with Crippen LogP contribution < -0.4 is 11.1 Å². The monoisotopic (exact) mass is 271 g/mol. The molecule has 106 valence electrons. The minimum atomic E-state index is -0.880. The van der Waals surface area contributed by atoms with Crippen molar-refractivity contribution in [1.29, 1.82) is 0 Å². The van der Waals surface area contributed by atoms with E-state index in [1.54, 1.807) is 6.92 Å². The molecule has 0 bridgehead atoms. The largest absolute Gasteiger partial charge is 0.448 e. The number of anilines is 1. The summed E-state index contributed by atoms with van der Waals surface area (Å²) in [5.41, 5.74) is 5.10. The molecule has 0 aliphatic carbocycles. The molecular weight excluding hydrogens is 254 g/mol. The molecule has 1 aromatic heterocycles. The van der Waals surface area contributed by atoms with Gasteiger partial charge in [0.25, 0.3) is 0 Å². The van der Waals surface area contributed by atoms with Gasteiger partial charge in [-0.15, -0.1) is 0 Å². The Labute approximate surface area is 109 Å². The summed E-state index contributed by atoms with van der Waals surface area (Å²) >= 11 is 0. The maximum Gasteiger partial charge on any atom is 0.404 e. The van der Waals surface area contributed by atoms with E-state index in [0.717, 1.165) is 6.42 Å². The zero-order valence-corrected chi connectivity index (χ0v) is 10.9. The fraction of sp³-hybridized carbons (Fsp3) is 0.600. The van der Waals surface area contributed by atoms with Gasteiger partial charge in [0.1, 0.15) is 12.3 Å².